The number of nitrogens with zero attached hydrogens (tertiary/aromatic N) is 3. The van der Waals surface area contributed by atoms with Crippen LogP contribution in [0.3, 0.4) is 0 Å². The van der Waals surface area contributed by atoms with Crippen LogP contribution in [0.25, 0.3) is 10.9 Å². The summed E-state index contributed by atoms with van der Waals surface area (Å²) in [7, 11) is 1.65. The molecule has 0 spiro atoms. The summed E-state index contributed by atoms with van der Waals surface area (Å²) >= 11 is 0. The molecule has 28 heavy (non-hydrogen) atoms. The number of carbonyl (C=O) groups is 1. The number of hydrogen-bond acceptors (Lipinski definition) is 5. The zero-order chi connectivity index (χ0) is 19.5. The molecule has 2 aromatic carbocycles. The van der Waals surface area contributed by atoms with Crippen molar-refractivity contribution in [2.45, 2.75) is 13.1 Å². The molecule has 0 aliphatic carbocycles. The Kier molecular flexibility index (Phi) is 4.67. The second-order valence-corrected chi connectivity index (χ2v) is 6.34. The number of nitrogens with one attached hydrogen (secondary N) is 2. The van der Waals surface area contributed by atoms with Gasteiger partial charge in [-0.15, -0.1) is 0 Å². The molecule has 4 rings (SSSR count). The van der Waals surface area contributed by atoms with Crippen molar-refractivity contribution in [3.05, 3.63) is 71.7 Å². The molecule has 0 fully saturated rings. The molecule has 142 valence electrons. The van der Waals surface area contributed by atoms with Gasteiger partial charge in [0.15, 0.2) is 5.69 Å². The lowest BCUT2D eigenvalue weighted by Gasteiger charge is -2.12. The van der Waals surface area contributed by atoms with Crippen LogP contribution in [-0.4, -0.2) is 38.2 Å². The second kappa shape index (κ2) is 7.43. The molecule has 0 saturated heterocycles. The van der Waals surface area contributed by atoms with Gasteiger partial charge in [-0.05, 0) is 42.0 Å². The van der Waals surface area contributed by atoms with Crippen LogP contribution in [0, 0.1) is 0 Å². The number of H-pyrrole nitrogens is 1. The fourth-order valence-corrected chi connectivity index (χ4v) is 3.13. The second-order valence-electron chi connectivity index (χ2n) is 6.34. The van der Waals surface area contributed by atoms with Crippen LogP contribution < -0.4 is 10.1 Å². The number of ether oxygens (including phenoxy) is 1. The van der Waals surface area contributed by atoms with E-state index in [1.807, 2.05) is 41.2 Å². The van der Waals surface area contributed by atoms with Crippen LogP contribution in [0.15, 0.2) is 54.9 Å². The van der Waals surface area contributed by atoms with E-state index in [0.717, 1.165) is 22.6 Å². The van der Waals surface area contributed by atoms with E-state index in [1.165, 1.54) is 0 Å². The first-order chi connectivity index (χ1) is 13.6. The van der Waals surface area contributed by atoms with Gasteiger partial charge in [-0.3, -0.25) is 9.78 Å². The Labute approximate surface area is 160 Å². The fourth-order valence-electron chi connectivity index (χ4n) is 3.13. The van der Waals surface area contributed by atoms with Crippen LogP contribution in [0.4, 0.5) is 5.69 Å². The summed E-state index contributed by atoms with van der Waals surface area (Å²) in [5, 5.41) is 24.0. The van der Waals surface area contributed by atoms with Gasteiger partial charge in [0.1, 0.15) is 5.75 Å². The molecule has 0 amide bonds. The number of hydrogen-bond donors (Lipinski definition) is 3. The quantitative estimate of drug-likeness (QED) is 0.457. The first-order valence-corrected chi connectivity index (χ1v) is 8.72. The van der Waals surface area contributed by atoms with Gasteiger partial charge in [0.25, 0.3) is 0 Å². The smallest absolute Gasteiger partial charge is 0.357 e. The van der Waals surface area contributed by atoms with E-state index in [4.69, 9.17) is 4.74 Å². The van der Waals surface area contributed by atoms with E-state index in [2.05, 4.69) is 26.7 Å². The monoisotopic (exact) mass is 377 g/mol. The molecule has 0 unspecified atom stereocenters. The minimum absolute atomic E-state index is 0.0182. The molecule has 8 nitrogen and oxygen atoms in total. The largest absolute Gasteiger partial charge is 0.496 e. The van der Waals surface area contributed by atoms with Crippen molar-refractivity contribution in [1.29, 1.82) is 0 Å². The van der Waals surface area contributed by atoms with Crippen LogP contribution in [0.1, 0.15) is 21.6 Å². The average Bonchev–Trinajstić information content (AvgIpc) is 3.35. The molecule has 0 aliphatic heterocycles. The molecule has 2 aromatic heterocycles. The number of methoxy groups -OCH3 is 1. The van der Waals surface area contributed by atoms with Gasteiger partial charge in [-0.25, -0.2) is 4.79 Å². The highest BCUT2D eigenvalue weighted by Crippen LogP contribution is 2.23. The first kappa shape index (κ1) is 17.6. The summed E-state index contributed by atoms with van der Waals surface area (Å²) in [6, 6.07) is 13.4. The third-order valence-electron chi connectivity index (χ3n) is 4.50. The number of carboxylic acids is 1. The van der Waals surface area contributed by atoms with E-state index >= 15 is 0 Å². The highest BCUT2D eigenvalue weighted by Gasteiger charge is 2.13. The number of fused-ring (bicyclic) bond motifs is 1. The van der Waals surface area contributed by atoms with Crippen molar-refractivity contribution < 1.29 is 14.6 Å². The number of benzene rings is 2. The lowest BCUT2D eigenvalue weighted by atomic mass is 10.1. The van der Waals surface area contributed by atoms with Crippen molar-refractivity contribution in [3.63, 3.8) is 0 Å². The Morgan fingerprint density at radius 1 is 1.29 bits per heavy atom. The zero-order valence-corrected chi connectivity index (χ0v) is 15.2. The van der Waals surface area contributed by atoms with Crippen molar-refractivity contribution in [1.82, 2.24) is 20.0 Å². The molecule has 0 atom stereocenters. The van der Waals surface area contributed by atoms with Crippen LogP contribution >= 0.6 is 0 Å². The molecule has 0 aliphatic rings. The highest BCUT2D eigenvalue weighted by atomic mass is 16.5. The van der Waals surface area contributed by atoms with Crippen molar-refractivity contribution >= 4 is 22.6 Å². The first-order valence-electron chi connectivity index (χ1n) is 8.72. The number of aromatic amines is 1. The Morgan fingerprint density at radius 2 is 2.18 bits per heavy atom. The van der Waals surface area contributed by atoms with Crippen molar-refractivity contribution in [2.75, 3.05) is 12.4 Å². The number of carboxylic acid groups (broad SMARTS) is 1. The summed E-state index contributed by atoms with van der Waals surface area (Å²) in [6.07, 6.45) is 3.65. The van der Waals surface area contributed by atoms with E-state index in [-0.39, 0.29) is 5.69 Å². The summed E-state index contributed by atoms with van der Waals surface area (Å²) in [5.41, 5.74) is 3.64. The van der Waals surface area contributed by atoms with Gasteiger partial charge in [-0.2, -0.15) is 10.2 Å². The number of anilines is 1. The van der Waals surface area contributed by atoms with Crippen LogP contribution in [-0.2, 0) is 13.1 Å². The Bertz CT molecular complexity index is 1120. The summed E-state index contributed by atoms with van der Waals surface area (Å²) in [5.74, 6) is -0.244. The average molecular weight is 377 g/mol. The minimum atomic E-state index is -1.05. The fraction of sp³-hybridized carbons (Fsp3) is 0.150. The van der Waals surface area contributed by atoms with Gasteiger partial charge in [-0.1, -0.05) is 6.07 Å². The van der Waals surface area contributed by atoms with Gasteiger partial charge >= 0.3 is 5.97 Å². The summed E-state index contributed by atoms with van der Waals surface area (Å²) in [6.45, 7) is 1.20. The van der Waals surface area contributed by atoms with Crippen molar-refractivity contribution in [2.24, 2.45) is 0 Å². The number of aromatic carboxylic acids is 1. The van der Waals surface area contributed by atoms with E-state index < -0.39 is 5.97 Å². The van der Waals surface area contributed by atoms with E-state index in [1.54, 1.807) is 19.4 Å². The van der Waals surface area contributed by atoms with Gasteiger partial charge in [0.2, 0.25) is 0 Å². The zero-order valence-electron chi connectivity index (χ0n) is 15.2. The van der Waals surface area contributed by atoms with Gasteiger partial charge in [0, 0.05) is 35.6 Å². The minimum Gasteiger partial charge on any atom is -0.496 e. The third-order valence-corrected chi connectivity index (χ3v) is 4.50. The normalized spacial score (nSPS) is 10.9. The predicted molar refractivity (Wildman–Crippen MR) is 105 cm³/mol. The third kappa shape index (κ3) is 3.52. The maximum Gasteiger partial charge on any atom is 0.357 e. The molecular formula is C20H19N5O3. The number of aromatic nitrogens is 4. The Hall–Kier alpha value is -3.81. The molecule has 8 heteroatoms. The van der Waals surface area contributed by atoms with E-state index in [9.17, 15) is 9.90 Å². The lowest BCUT2D eigenvalue weighted by molar-refractivity contribution is 0.0692. The van der Waals surface area contributed by atoms with Crippen molar-refractivity contribution in [3.8, 4) is 5.75 Å². The molecule has 2 heterocycles. The Morgan fingerprint density at radius 3 is 2.93 bits per heavy atom. The molecule has 0 saturated carbocycles. The standard InChI is InChI=1S/C20H19N5O3/c1-28-18-6-3-13(9-14(18)12-25-8-2-7-22-25)11-21-15-4-5-17-16(10-15)19(20(26)27)24-23-17/h2-10,21H,11-12H2,1H3,(H,23,24)(H,26,27). The van der Waals surface area contributed by atoms with Gasteiger partial charge in [0.05, 0.1) is 19.2 Å². The molecule has 4 aromatic rings. The number of rotatable bonds is 7. The molecule has 0 bridgehead atoms. The Balaban J connectivity index is 1.53. The molecule has 3 N–H and O–H groups in total. The van der Waals surface area contributed by atoms with Crippen LogP contribution in [0.2, 0.25) is 0 Å². The topological polar surface area (TPSA) is 105 Å². The highest BCUT2D eigenvalue weighted by molar-refractivity contribution is 6.01. The molecular weight excluding hydrogens is 358 g/mol. The molecule has 0 radical (unpaired) electrons. The van der Waals surface area contributed by atoms with Gasteiger partial charge < -0.3 is 15.2 Å². The summed E-state index contributed by atoms with van der Waals surface area (Å²) < 4.78 is 7.30. The maximum absolute atomic E-state index is 11.3. The summed E-state index contributed by atoms with van der Waals surface area (Å²) in [4.78, 5) is 11.3. The van der Waals surface area contributed by atoms with Crippen LogP contribution in [0.5, 0.6) is 5.75 Å². The lowest BCUT2D eigenvalue weighted by Crippen LogP contribution is -2.05. The van der Waals surface area contributed by atoms with E-state index in [0.29, 0.717) is 24.0 Å². The SMILES string of the molecule is COc1ccc(CNc2ccc3[nH]nc(C(=O)O)c3c2)cc1Cn1cccn1. The maximum atomic E-state index is 11.3. The predicted octanol–water partition coefficient (Wildman–Crippen LogP) is 3.13.